The summed E-state index contributed by atoms with van der Waals surface area (Å²) in [6, 6.07) is 0. The highest BCUT2D eigenvalue weighted by atomic mass is 16.0. The van der Waals surface area contributed by atoms with E-state index < -0.39 is 0 Å². The van der Waals surface area contributed by atoms with Gasteiger partial charge < -0.3 is 5.48 Å². The monoisotopic (exact) mass is 130 g/mol. The minimum absolute atomic E-state index is 0. The van der Waals surface area contributed by atoms with Gasteiger partial charge in [0.1, 0.15) is 0 Å². The third kappa shape index (κ3) is 3.52. The van der Waals surface area contributed by atoms with Crippen LogP contribution in [0.4, 0.5) is 0 Å². The zero-order valence-electron chi connectivity index (χ0n) is 6.32. The van der Waals surface area contributed by atoms with Gasteiger partial charge in [-0.25, -0.2) is 0 Å². The first-order valence-electron chi connectivity index (χ1n) is 3.89. The van der Waals surface area contributed by atoms with E-state index in [0.717, 1.165) is 5.92 Å². The van der Waals surface area contributed by atoms with E-state index in [1.54, 1.807) is 0 Å². The molecule has 0 amide bonds. The molecule has 0 spiro atoms. The molecule has 1 heteroatoms. The van der Waals surface area contributed by atoms with Crippen molar-refractivity contribution in [3.05, 3.63) is 0 Å². The Kier molecular flexibility index (Phi) is 4.78. The van der Waals surface area contributed by atoms with Gasteiger partial charge in [-0.05, 0) is 5.92 Å². The number of hydrogen-bond donors (Lipinski definition) is 0. The van der Waals surface area contributed by atoms with Crippen LogP contribution in [-0.4, -0.2) is 5.48 Å². The van der Waals surface area contributed by atoms with Gasteiger partial charge >= 0.3 is 0 Å². The normalized spacial score (nSPS) is 22.3. The lowest BCUT2D eigenvalue weighted by atomic mass is 10.0. The average molecular weight is 130 g/mol. The number of hydrogen-bond acceptors (Lipinski definition) is 0. The molecular weight excluding hydrogens is 112 g/mol. The lowest BCUT2D eigenvalue weighted by Crippen LogP contribution is -1.88. The van der Waals surface area contributed by atoms with E-state index in [9.17, 15) is 0 Å². The summed E-state index contributed by atoms with van der Waals surface area (Å²) in [5.41, 5.74) is 0. The molecule has 1 rings (SSSR count). The maximum atomic E-state index is 2.38. The van der Waals surface area contributed by atoms with Gasteiger partial charge in [-0.1, -0.05) is 45.4 Å². The van der Waals surface area contributed by atoms with Gasteiger partial charge in [-0.15, -0.1) is 0 Å². The molecule has 1 aliphatic carbocycles. The van der Waals surface area contributed by atoms with Crippen molar-refractivity contribution in [2.45, 2.75) is 45.4 Å². The second-order valence-electron chi connectivity index (χ2n) is 3.10. The van der Waals surface area contributed by atoms with Crippen LogP contribution in [0.2, 0.25) is 0 Å². The van der Waals surface area contributed by atoms with Crippen molar-refractivity contribution >= 4 is 0 Å². The Labute approximate surface area is 57.8 Å². The Balaban J connectivity index is 0.000000640. The maximum absolute atomic E-state index is 2.38. The Morgan fingerprint density at radius 2 is 1.33 bits per heavy atom. The summed E-state index contributed by atoms with van der Waals surface area (Å²) in [6.45, 7) is 2.38. The lowest BCUT2D eigenvalue weighted by Gasteiger charge is -2.02. The van der Waals surface area contributed by atoms with Gasteiger partial charge in [0.05, 0.1) is 0 Å². The molecule has 0 heterocycles. The summed E-state index contributed by atoms with van der Waals surface area (Å²) in [6.07, 6.45) is 8.93. The molecule has 2 N–H and O–H groups in total. The average Bonchev–Trinajstić information content (AvgIpc) is 1.94. The SMILES string of the molecule is CC1CCCCCC1.O. The first-order chi connectivity index (χ1) is 3.89. The molecule has 1 saturated carbocycles. The van der Waals surface area contributed by atoms with Gasteiger partial charge in [0.25, 0.3) is 0 Å². The molecular formula is C8H18O. The van der Waals surface area contributed by atoms with E-state index in [2.05, 4.69) is 6.92 Å². The van der Waals surface area contributed by atoms with E-state index >= 15 is 0 Å². The Morgan fingerprint density at radius 1 is 0.889 bits per heavy atom. The maximum Gasteiger partial charge on any atom is -0.0443 e. The third-order valence-corrected chi connectivity index (χ3v) is 2.14. The Morgan fingerprint density at radius 3 is 1.78 bits per heavy atom. The van der Waals surface area contributed by atoms with Crippen LogP contribution >= 0.6 is 0 Å². The lowest BCUT2D eigenvalue weighted by molar-refractivity contribution is 0.505. The van der Waals surface area contributed by atoms with Gasteiger partial charge in [-0.3, -0.25) is 0 Å². The van der Waals surface area contributed by atoms with Crippen molar-refractivity contribution in [2.75, 3.05) is 0 Å². The Bertz CT molecular complexity index is 53.6. The van der Waals surface area contributed by atoms with Crippen LogP contribution in [0.3, 0.4) is 0 Å². The molecule has 1 aliphatic rings. The summed E-state index contributed by atoms with van der Waals surface area (Å²) < 4.78 is 0. The molecule has 0 aromatic rings. The minimum atomic E-state index is 0. The molecule has 1 fully saturated rings. The highest BCUT2D eigenvalue weighted by Gasteiger charge is 2.04. The van der Waals surface area contributed by atoms with Crippen LogP contribution in [0.5, 0.6) is 0 Å². The fourth-order valence-corrected chi connectivity index (χ4v) is 1.48. The first-order valence-corrected chi connectivity index (χ1v) is 3.89. The first kappa shape index (κ1) is 8.96. The molecule has 0 bridgehead atoms. The van der Waals surface area contributed by atoms with E-state index in [0.29, 0.717) is 0 Å². The molecule has 0 unspecified atom stereocenters. The molecule has 1 nitrogen and oxygen atoms in total. The molecule has 0 aromatic carbocycles. The largest absolute Gasteiger partial charge is 0.412 e. The van der Waals surface area contributed by atoms with Gasteiger partial charge in [0.2, 0.25) is 0 Å². The van der Waals surface area contributed by atoms with Crippen LogP contribution < -0.4 is 0 Å². The van der Waals surface area contributed by atoms with Crippen LogP contribution in [0.25, 0.3) is 0 Å². The fraction of sp³-hybridized carbons (Fsp3) is 1.00. The van der Waals surface area contributed by atoms with E-state index in [1.807, 2.05) is 0 Å². The van der Waals surface area contributed by atoms with Crippen molar-refractivity contribution in [3.63, 3.8) is 0 Å². The molecule has 0 saturated heterocycles. The van der Waals surface area contributed by atoms with Crippen molar-refractivity contribution in [2.24, 2.45) is 5.92 Å². The van der Waals surface area contributed by atoms with E-state index in [1.165, 1.54) is 38.5 Å². The van der Waals surface area contributed by atoms with Crippen LogP contribution in [0.15, 0.2) is 0 Å². The van der Waals surface area contributed by atoms with E-state index in [-0.39, 0.29) is 5.48 Å². The second kappa shape index (κ2) is 4.80. The summed E-state index contributed by atoms with van der Waals surface area (Å²) in [5, 5.41) is 0. The van der Waals surface area contributed by atoms with Crippen LogP contribution in [-0.2, 0) is 0 Å². The molecule has 0 aromatic heterocycles. The predicted octanol–water partition coefficient (Wildman–Crippen LogP) is 2.15. The molecule has 9 heavy (non-hydrogen) atoms. The highest BCUT2D eigenvalue weighted by Crippen LogP contribution is 2.21. The smallest absolute Gasteiger partial charge is 0.0443 e. The minimum Gasteiger partial charge on any atom is -0.412 e. The van der Waals surface area contributed by atoms with E-state index in [4.69, 9.17) is 0 Å². The standard InChI is InChI=1S/C8H16.H2O/c1-8-6-4-2-3-5-7-8;/h8H,2-7H2,1H3;1H2. The fourth-order valence-electron chi connectivity index (χ4n) is 1.48. The molecule has 0 atom stereocenters. The van der Waals surface area contributed by atoms with Gasteiger partial charge in [0, 0.05) is 0 Å². The zero-order chi connectivity index (χ0) is 5.82. The summed E-state index contributed by atoms with van der Waals surface area (Å²) >= 11 is 0. The van der Waals surface area contributed by atoms with Gasteiger partial charge in [0.15, 0.2) is 0 Å². The summed E-state index contributed by atoms with van der Waals surface area (Å²) in [7, 11) is 0. The Hall–Kier alpha value is -0.0400. The zero-order valence-corrected chi connectivity index (χ0v) is 6.32. The second-order valence-corrected chi connectivity index (χ2v) is 3.10. The van der Waals surface area contributed by atoms with Gasteiger partial charge in [-0.2, -0.15) is 0 Å². The predicted molar refractivity (Wildman–Crippen MR) is 40.5 cm³/mol. The van der Waals surface area contributed by atoms with Crippen molar-refractivity contribution in [1.82, 2.24) is 0 Å². The van der Waals surface area contributed by atoms with Crippen molar-refractivity contribution < 1.29 is 5.48 Å². The van der Waals surface area contributed by atoms with Crippen LogP contribution in [0.1, 0.15) is 45.4 Å². The summed E-state index contributed by atoms with van der Waals surface area (Å²) in [5.74, 6) is 1.03. The highest BCUT2D eigenvalue weighted by molar-refractivity contribution is 4.58. The van der Waals surface area contributed by atoms with Crippen LogP contribution in [0, 0.1) is 5.92 Å². The molecule has 0 radical (unpaired) electrons. The quantitative estimate of drug-likeness (QED) is 0.450. The topological polar surface area (TPSA) is 31.5 Å². The van der Waals surface area contributed by atoms with Crippen molar-refractivity contribution in [1.29, 1.82) is 0 Å². The summed E-state index contributed by atoms with van der Waals surface area (Å²) in [4.78, 5) is 0. The molecule has 56 valence electrons. The number of rotatable bonds is 0. The molecule has 0 aliphatic heterocycles. The van der Waals surface area contributed by atoms with Crippen molar-refractivity contribution in [3.8, 4) is 0 Å². The third-order valence-electron chi connectivity index (χ3n) is 2.14.